The van der Waals surface area contributed by atoms with Crippen molar-refractivity contribution in [2.75, 3.05) is 20.1 Å². The van der Waals surface area contributed by atoms with Crippen molar-refractivity contribution in [2.45, 2.75) is 44.6 Å². The summed E-state index contributed by atoms with van der Waals surface area (Å²) in [5.74, 6) is 0. The predicted molar refractivity (Wildman–Crippen MR) is 99.4 cm³/mol. The highest BCUT2D eigenvalue weighted by Gasteiger charge is 2.53. The van der Waals surface area contributed by atoms with E-state index in [0.29, 0.717) is 16.5 Å². The normalized spacial score (nSPS) is 23.1. The number of hydrogen-bond donors (Lipinski definition) is 1. The number of rotatable bonds is 4. The highest BCUT2D eigenvalue weighted by molar-refractivity contribution is 7.98. The van der Waals surface area contributed by atoms with Gasteiger partial charge in [0.25, 0.3) is 0 Å². The van der Waals surface area contributed by atoms with Crippen molar-refractivity contribution in [3.63, 3.8) is 0 Å². The predicted octanol–water partition coefficient (Wildman–Crippen LogP) is 3.64. The van der Waals surface area contributed by atoms with Crippen LogP contribution in [-0.4, -0.2) is 38.4 Å². The molecule has 0 atom stereocenters. The van der Waals surface area contributed by atoms with Crippen LogP contribution in [0.3, 0.4) is 0 Å². The van der Waals surface area contributed by atoms with Crippen LogP contribution in [0.15, 0.2) is 29.8 Å². The molecule has 1 aliphatic carbocycles. The summed E-state index contributed by atoms with van der Waals surface area (Å²) >= 11 is 5.99. The molecule has 132 valence electrons. The summed E-state index contributed by atoms with van der Waals surface area (Å²) < 4.78 is 28.1. The number of sulfonamides is 1. The first-order valence-electron chi connectivity index (χ1n) is 8.63. The Morgan fingerprint density at radius 3 is 2.38 bits per heavy atom. The maximum Gasteiger partial charge on any atom is 0.244 e. The second kappa shape index (κ2) is 6.79. The lowest BCUT2D eigenvalue weighted by atomic mass is 9.75. The zero-order valence-corrected chi connectivity index (χ0v) is 15.9. The molecular weight excluding hydrogens is 344 g/mol. The Balaban J connectivity index is 2.20. The van der Waals surface area contributed by atoms with Crippen LogP contribution in [0.25, 0.3) is 4.91 Å². The molecule has 0 aromatic heterocycles. The maximum atomic E-state index is 13.2. The van der Waals surface area contributed by atoms with E-state index in [4.69, 9.17) is 11.6 Å². The van der Waals surface area contributed by atoms with Crippen molar-refractivity contribution < 1.29 is 8.42 Å². The minimum absolute atomic E-state index is 0.367. The van der Waals surface area contributed by atoms with E-state index in [9.17, 15) is 8.42 Å². The number of benzene rings is 1. The maximum absolute atomic E-state index is 13.2. The quantitative estimate of drug-likeness (QED) is 0.882. The van der Waals surface area contributed by atoms with Crippen LogP contribution in [0.5, 0.6) is 0 Å². The van der Waals surface area contributed by atoms with Gasteiger partial charge in [0, 0.05) is 18.6 Å². The Morgan fingerprint density at radius 2 is 1.79 bits per heavy atom. The van der Waals surface area contributed by atoms with Crippen LogP contribution in [-0.2, 0) is 10.0 Å². The topological polar surface area (TPSA) is 49.4 Å². The summed E-state index contributed by atoms with van der Waals surface area (Å²) in [6.45, 7) is 3.47. The van der Waals surface area contributed by atoms with E-state index in [1.165, 1.54) is 6.42 Å². The molecule has 0 saturated heterocycles. The lowest BCUT2D eigenvalue weighted by Gasteiger charge is -2.40. The third-order valence-corrected chi connectivity index (χ3v) is 7.72. The van der Waals surface area contributed by atoms with Gasteiger partial charge in [0.1, 0.15) is 0 Å². The number of likely N-dealkylation sites (N-methyl/N-ethyl adjacent to an activating group) is 2. The Bertz CT molecular complexity index is 735. The third kappa shape index (κ3) is 2.81. The molecule has 1 aromatic carbocycles. The van der Waals surface area contributed by atoms with Gasteiger partial charge in [-0.25, -0.2) is 8.42 Å². The molecule has 3 rings (SSSR count). The fourth-order valence-corrected chi connectivity index (χ4v) is 6.26. The van der Waals surface area contributed by atoms with Crippen LogP contribution in [0.1, 0.15) is 44.6 Å². The Hall–Kier alpha value is -0.880. The van der Waals surface area contributed by atoms with E-state index < -0.39 is 10.0 Å². The van der Waals surface area contributed by atoms with Gasteiger partial charge in [-0.3, -0.25) is 0 Å². The van der Waals surface area contributed by atoms with Crippen molar-refractivity contribution >= 4 is 26.5 Å². The van der Waals surface area contributed by atoms with Crippen molar-refractivity contribution in [1.29, 1.82) is 0 Å². The SMILES string of the molecule is CCNCC1=C(c2ccc(Cl)cc2)S(=O)(=O)N(C)C12CCCCC2. The summed E-state index contributed by atoms with van der Waals surface area (Å²) in [6.07, 6.45) is 5.13. The second-order valence-electron chi connectivity index (χ2n) is 6.66. The van der Waals surface area contributed by atoms with Crippen molar-refractivity contribution in [1.82, 2.24) is 9.62 Å². The fraction of sp³-hybridized carbons (Fsp3) is 0.556. The van der Waals surface area contributed by atoms with Crippen LogP contribution in [0.2, 0.25) is 5.02 Å². The number of hydrogen-bond acceptors (Lipinski definition) is 3. The molecular formula is C18H25ClN2O2S. The van der Waals surface area contributed by atoms with Crippen molar-refractivity contribution in [3.8, 4) is 0 Å². The molecule has 1 aliphatic heterocycles. The van der Waals surface area contributed by atoms with Gasteiger partial charge in [-0.05, 0) is 42.7 Å². The van der Waals surface area contributed by atoms with Gasteiger partial charge in [0.15, 0.2) is 0 Å². The average Bonchev–Trinajstić information content (AvgIpc) is 2.73. The molecule has 1 N–H and O–H groups in total. The molecule has 6 heteroatoms. The first-order valence-corrected chi connectivity index (χ1v) is 10.4. The van der Waals surface area contributed by atoms with E-state index in [-0.39, 0.29) is 5.54 Å². The highest BCUT2D eigenvalue weighted by Crippen LogP contribution is 2.50. The summed E-state index contributed by atoms with van der Waals surface area (Å²) in [5.41, 5.74) is 1.39. The monoisotopic (exact) mass is 368 g/mol. The molecule has 1 saturated carbocycles. The molecule has 0 amide bonds. The van der Waals surface area contributed by atoms with Gasteiger partial charge in [-0.2, -0.15) is 4.31 Å². The fourth-order valence-electron chi connectivity index (χ4n) is 4.10. The molecule has 1 fully saturated rings. The van der Waals surface area contributed by atoms with Gasteiger partial charge in [0.05, 0.1) is 10.4 Å². The largest absolute Gasteiger partial charge is 0.313 e. The molecule has 0 unspecified atom stereocenters. The number of nitrogens with one attached hydrogen (secondary N) is 1. The highest BCUT2D eigenvalue weighted by atomic mass is 35.5. The van der Waals surface area contributed by atoms with Crippen LogP contribution < -0.4 is 5.32 Å². The van der Waals surface area contributed by atoms with Crippen molar-refractivity contribution in [3.05, 3.63) is 40.4 Å². The van der Waals surface area contributed by atoms with E-state index in [0.717, 1.165) is 43.4 Å². The summed E-state index contributed by atoms with van der Waals surface area (Å²) in [5, 5.41) is 3.97. The van der Waals surface area contributed by atoms with E-state index >= 15 is 0 Å². The zero-order valence-electron chi connectivity index (χ0n) is 14.3. The summed E-state index contributed by atoms with van der Waals surface area (Å²) in [7, 11) is -1.74. The Morgan fingerprint density at radius 1 is 1.17 bits per heavy atom. The second-order valence-corrected chi connectivity index (χ2v) is 9.00. The Kier molecular flexibility index (Phi) is 5.07. The van der Waals surface area contributed by atoms with Crippen LogP contribution >= 0.6 is 11.6 Å². The van der Waals surface area contributed by atoms with E-state index in [2.05, 4.69) is 5.32 Å². The lowest BCUT2D eigenvalue weighted by Crippen LogP contribution is -2.48. The van der Waals surface area contributed by atoms with Gasteiger partial charge >= 0.3 is 0 Å². The van der Waals surface area contributed by atoms with E-state index in [1.54, 1.807) is 23.5 Å². The minimum Gasteiger partial charge on any atom is -0.313 e. The molecule has 2 aliphatic rings. The van der Waals surface area contributed by atoms with Crippen molar-refractivity contribution in [2.24, 2.45) is 0 Å². The first kappa shape index (κ1) is 17.9. The van der Waals surface area contributed by atoms with Crippen LogP contribution in [0, 0.1) is 0 Å². The minimum atomic E-state index is -3.49. The molecule has 0 radical (unpaired) electrons. The van der Waals surface area contributed by atoms with Gasteiger partial charge in [0.2, 0.25) is 10.0 Å². The average molecular weight is 369 g/mol. The number of nitrogens with zero attached hydrogens (tertiary/aromatic N) is 1. The molecule has 1 aromatic rings. The molecule has 1 heterocycles. The van der Waals surface area contributed by atoms with Crippen LogP contribution in [0.4, 0.5) is 0 Å². The van der Waals surface area contributed by atoms with Gasteiger partial charge < -0.3 is 5.32 Å². The summed E-state index contributed by atoms with van der Waals surface area (Å²) in [6, 6.07) is 7.15. The molecule has 4 nitrogen and oxygen atoms in total. The smallest absolute Gasteiger partial charge is 0.244 e. The summed E-state index contributed by atoms with van der Waals surface area (Å²) in [4.78, 5) is 0.476. The van der Waals surface area contributed by atoms with E-state index in [1.807, 2.05) is 19.1 Å². The van der Waals surface area contributed by atoms with Gasteiger partial charge in [-0.15, -0.1) is 0 Å². The lowest BCUT2D eigenvalue weighted by molar-refractivity contribution is 0.197. The Labute approximate surface area is 149 Å². The van der Waals surface area contributed by atoms with Gasteiger partial charge in [-0.1, -0.05) is 49.9 Å². The third-order valence-electron chi connectivity index (χ3n) is 5.40. The first-order chi connectivity index (χ1) is 11.4. The zero-order chi connectivity index (χ0) is 17.4. The standard InChI is InChI=1S/C18H25ClN2O2S/c1-3-20-13-16-17(14-7-9-15(19)10-8-14)24(22,23)21(2)18(16)11-5-4-6-12-18/h7-10,20H,3-6,11-13H2,1-2H3. The molecule has 24 heavy (non-hydrogen) atoms. The molecule has 1 spiro atoms. The number of halogens is 1. The molecule has 0 bridgehead atoms.